The summed E-state index contributed by atoms with van der Waals surface area (Å²) >= 11 is 0. The number of hydrogen-bond acceptors (Lipinski definition) is 5. The van der Waals surface area contributed by atoms with Gasteiger partial charge in [-0.25, -0.2) is 0 Å². The predicted octanol–water partition coefficient (Wildman–Crippen LogP) is 3.39. The van der Waals surface area contributed by atoms with E-state index >= 15 is 0 Å². The number of methoxy groups -OCH3 is 2. The van der Waals surface area contributed by atoms with E-state index in [0.717, 1.165) is 11.1 Å². The molecule has 1 amide bonds. The van der Waals surface area contributed by atoms with Crippen LogP contribution in [0.25, 0.3) is 0 Å². The zero-order chi connectivity index (χ0) is 22.1. The van der Waals surface area contributed by atoms with E-state index in [1.165, 1.54) is 14.2 Å². The average Bonchev–Trinajstić information content (AvgIpc) is 2.82. The molecule has 3 aromatic rings. The predicted molar refractivity (Wildman–Crippen MR) is 119 cm³/mol. The normalized spacial score (nSPS) is 11.6. The van der Waals surface area contributed by atoms with Crippen molar-refractivity contribution in [1.82, 2.24) is 5.32 Å². The Morgan fingerprint density at radius 2 is 1.35 bits per heavy atom. The first-order valence-electron chi connectivity index (χ1n) is 10.0. The number of rotatable bonds is 10. The Labute approximate surface area is 182 Å². The van der Waals surface area contributed by atoms with Crippen LogP contribution in [0.4, 0.5) is 0 Å². The van der Waals surface area contributed by atoms with Gasteiger partial charge in [-0.05, 0) is 23.3 Å². The minimum absolute atomic E-state index is 0.0294. The molecule has 31 heavy (non-hydrogen) atoms. The molecular weight excluding hydrogens is 394 g/mol. The summed E-state index contributed by atoms with van der Waals surface area (Å²) in [6, 6.07) is 24.4. The number of aliphatic hydroxyl groups is 1. The molecule has 2 N–H and O–H groups in total. The largest absolute Gasteiger partial charge is 0.493 e. The van der Waals surface area contributed by atoms with Gasteiger partial charge in [0.1, 0.15) is 12.7 Å². The van der Waals surface area contributed by atoms with Crippen LogP contribution in [-0.2, 0) is 4.79 Å². The molecule has 6 nitrogen and oxygen atoms in total. The van der Waals surface area contributed by atoms with E-state index in [2.05, 4.69) is 5.32 Å². The van der Waals surface area contributed by atoms with Gasteiger partial charge in [-0.3, -0.25) is 4.79 Å². The van der Waals surface area contributed by atoms with Crippen molar-refractivity contribution in [2.75, 3.05) is 27.4 Å². The van der Waals surface area contributed by atoms with Gasteiger partial charge in [0.05, 0.1) is 20.1 Å². The molecular formula is C25H27NO5. The number of para-hydroxylation sites is 1. The first kappa shape index (κ1) is 22.2. The molecule has 0 bridgehead atoms. The summed E-state index contributed by atoms with van der Waals surface area (Å²) in [7, 11) is 3.07. The summed E-state index contributed by atoms with van der Waals surface area (Å²) < 4.78 is 16.3. The summed E-state index contributed by atoms with van der Waals surface area (Å²) in [5, 5.41) is 13.2. The topological polar surface area (TPSA) is 77.0 Å². The van der Waals surface area contributed by atoms with Gasteiger partial charge in [0, 0.05) is 6.54 Å². The zero-order valence-corrected chi connectivity index (χ0v) is 17.7. The molecule has 0 fully saturated rings. The van der Waals surface area contributed by atoms with E-state index < -0.39 is 12.0 Å². The highest BCUT2D eigenvalue weighted by molar-refractivity contribution is 5.87. The van der Waals surface area contributed by atoms with Crippen LogP contribution >= 0.6 is 0 Å². The van der Waals surface area contributed by atoms with Crippen LogP contribution in [0.5, 0.6) is 17.2 Å². The molecule has 1 atom stereocenters. The van der Waals surface area contributed by atoms with E-state index in [9.17, 15) is 9.90 Å². The molecule has 0 aromatic heterocycles. The van der Waals surface area contributed by atoms with Crippen LogP contribution in [0.15, 0.2) is 78.9 Å². The summed E-state index contributed by atoms with van der Waals surface area (Å²) in [4.78, 5) is 13.0. The molecule has 3 rings (SSSR count). The molecule has 0 spiro atoms. The summed E-state index contributed by atoms with van der Waals surface area (Å²) in [5.74, 6) is 0.757. The van der Waals surface area contributed by atoms with Gasteiger partial charge in [0.2, 0.25) is 11.7 Å². The van der Waals surface area contributed by atoms with Crippen molar-refractivity contribution in [2.24, 2.45) is 0 Å². The van der Waals surface area contributed by atoms with Gasteiger partial charge in [0.15, 0.2) is 11.5 Å². The lowest BCUT2D eigenvalue weighted by Crippen LogP contribution is -2.38. The number of amides is 1. The van der Waals surface area contributed by atoms with Gasteiger partial charge in [-0.2, -0.15) is 0 Å². The quantitative estimate of drug-likeness (QED) is 0.525. The van der Waals surface area contributed by atoms with Crippen LogP contribution in [0, 0.1) is 0 Å². The van der Waals surface area contributed by atoms with E-state index in [-0.39, 0.29) is 19.1 Å². The second-order valence-electron chi connectivity index (χ2n) is 6.96. The smallest absolute Gasteiger partial charge is 0.232 e. The lowest BCUT2D eigenvalue weighted by atomic mass is 9.90. The minimum atomic E-state index is -0.911. The molecule has 0 heterocycles. The number of ether oxygens (including phenoxy) is 3. The first-order chi connectivity index (χ1) is 15.1. The van der Waals surface area contributed by atoms with Crippen molar-refractivity contribution in [2.45, 2.75) is 12.0 Å². The van der Waals surface area contributed by atoms with Gasteiger partial charge in [0.25, 0.3) is 0 Å². The average molecular weight is 421 g/mol. The Balaban J connectivity index is 1.64. The Morgan fingerprint density at radius 1 is 0.839 bits per heavy atom. The number of nitrogens with one attached hydrogen (secondary N) is 1. The molecule has 0 saturated heterocycles. The highest BCUT2D eigenvalue weighted by atomic mass is 16.5. The van der Waals surface area contributed by atoms with E-state index in [0.29, 0.717) is 17.2 Å². The third kappa shape index (κ3) is 5.77. The van der Waals surface area contributed by atoms with E-state index in [1.807, 2.05) is 60.7 Å². The minimum Gasteiger partial charge on any atom is -0.493 e. The van der Waals surface area contributed by atoms with Gasteiger partial charge in [-0.15, -0.1) is 0 Å². The third-order valence-corrected chi connectivity index (χ3v) is 4.84. The van der Waals surface area contributed by atoms with E-state index in [1.54, 1.807) is 18.2 Å². The fourth-order valence-corrected chi connectivity index (χ4v) is 3.30. The van der Waals surface area contributed by atoms with Crippen LogP contribution in [-0.4, -0.2) is 44.5 Å². The maximum Gasteiger partial charge on any atom is 0.232 e. The molecule has 1 unspecified atom stereocenters. The van der Waals surface area contributed by atoms with Gasteiger partial charge < -0.3 is 24.6 Å². The molecule has 0 radical (unpaired) electrons. The summed E-state index contributed by atoms with van der Waals surface area (Å²) in [5.41, 5.74) is 1.77. The van der Waals surface area contributed by atoms with Gasteiger partial charge in [-0.1, -0.05) is 66.7 Å². The second-order valence-corrected chi connectivity index (χ2v) is 6.96. The van der Waals surface area contributed by atoms with Crippen LogP contribution in [0.1, 0.15) is 17.0 Å². The highest BCUT2D eigenvalue weighted by Crippen LogP contribution is 2.36. The van der Waals surface area contributed by atoms with Crippen molar-refractivity contribution < 1.29 is 24.1 Å². The van der Waals surface area contributed by atoms with Crippen LogP contribution in [0.3, 0.4) is 0 Å². The summed E-state index contributed by atoms with van der Waals surface area (Å²) in [6.07, 6.45) is -0.911. The molecule has 0 saturated carbocycles. The van der Waals surface area contributed by atoms with Crippen LogP contribution < -0.4 is 19.5 Å². The fraction of sp³-hybridized carbons (Fsp3) is 0.240. The molecule has 0 aliphatic carbocycles. The Bertz CT molecular complexity index is 900. The SMILES string of the molecule is COc1cccc(OC)c1OCC(O)CNC(=O)C(c1ccccc1)c1ccccc1. The zero-order valence-electron chi connectivity index (χ0n) is 17.7. The second kappa shape index (κ2) is 11.0. The molecule has 6 heteroatoms. The van der Waals surface area contributed by atoms with Crippen LogP contribution in [0.2, 0.25) is 0 Å². The van der Waals surface area contributed by atoms with Gasteiger partial charge >= 0.3 is 0 Å². The lowest BCUT2D eigenvalue weighted by molar-refractivity contribution is -0.122. The number of carbonyl (C=O) groups is 1. The van der Waals surface area contributed by atoms with Crippen molar-refractivity contribution in [3.8, 4) is 17.2 Å². The number of aliphatic hydroxyl groups excluding tert-OH is 1. The molecule has 0 aliphatic heterocycles. The Kier molecular flexibility index (Phi) is 7.90. The standard InChI is InChI=1S/C25H27NO5/c1-29-21-14-9-15-22(30-2)24(21)31-17-20(27)16-26-25(28)23(18-10-5-3-6-11-18)19-12-7-4-8-13-19/h3-15,20,23,27H,16-17H2,1-2H3,(H,26,28). The van der Waals surface area contributed by atoms with Crippen molar-refractivity contribution in [3.63, 3.8) is 0 Å². The van der Waals surface area contributed by atoms with Crippen molar-refractivity contribution in [1.29, 1.82) is 0 Å². The molecule has 162 valence electrons. The fourth-order valence-electron chi connectivity index (χ4n) is 3.30. The molecule has 3 aromatic carbocycles. The third-order valence-electron chi connectivity index (χ3n) is 4.84. The maximum absolute atomic E-state index is 13.0. The maximum atomic E-state index is 13.0. The molecule has 0 aliphatic rings. The monoisotopic (exact) mass is 421 g/mol. The summed E-state index contributed by atoms with van der Waals surface area (Å²) in [6.45, 7) is 0.0187. The lowest BCUT2D eigenvalue weighted by Gasteiger charge is -2.20. The highest BCUT2D eigenvalue weighted by Gasteiger charge is 2.23. The number of hydrogen-bond donors (Lipinski definition) is 2. The number of carbonyl (C=O) groups excluding carboxylic acids is 1. The number of benzene rings is 3. The van der Waals surface area contributed by atoms with Crippen molar-refractivity contribution in [3.05, 3.63) is 90.0 Å². The Hall–Kier alpha value is -3.51. The Morgan fingerprint density at radius 3 is 1.84 bits per heavy atom. The first-order valence-corrected chi connectivity index (χ1v) is 10.0. The van der Waals surface area contributed by atoms with E-state index in [4.69, 9.17) is 14.2 Å². The van der Waals surface area contributed by atoms with Crippen molar-refractivity contribution >= 4 is 5.91 Å².